The van der Waals surface area contributed by atoms with Gasteiger partial charge in [-0.15, -0.1) is 0 Å². The number of hydrogen-bond acceptors (Lipinski definition) is 7. The van der Waals surface area contributed by atoms with Gasteiger partial charge in [-0.2, -0.15) is 0 Å². The molecule has 0 aliphatic carbocycles. The summed E-state index contributed by atoms with van der Waals surface area (Å²) in [5, 5.41) is 16.7. The molecule has 28 heavy (non-hydrogen) atoms. The van der Waals surface area contributed by atoms with Gasteiger partial charge in [0, 0.05) is 37.3 Å². The highest BCUT2D eigenvalue weighted by Gasteiger charge is 2.16. The molecule has 0 aliphatic rings. The van der Waals surface area contributed by atoms with Crippen LogP contribution in [0.1, 0.15) is 15.9 Å². The molecule has 9 nitrogen and oxygen atoms in total. The Bertz CT molecular complexity index is 815. The molecule has 2 aromatic rings. The third kappa shape index (κ3) is 5.34. The van der Waals surface area contributed by atoms with Gasteiger partial charge in [0.15, 0.2) is 11.5 Å². The molecule has 0 fully saturated rings. The van der Waals surface area contributed by atoms with Gasteiger partial charge in [-0.05, 0) is 17.7 Å². The van der Waals surface area contributed by atoms with Gasteiger partial charge in [0.05, 0.1) is 26.3 Å². The lowest BCUT2D eigenvalue weighted by atomic mass is 10.1. The van der Waals surface area contributed by atoms with Crippen LogP contribution in [-0.4, -0.2) is 45.2 Å². The van der Waals surface area contributed by atoms with E-state index in [2.05, 4.69) is 10.6 Å². The van der Waals surface area contributed by atoms with Crippen molar-refractivity contribution < 1.29 is 23.9 Å². The number of ether oxygens (including phenoxy) is 3. The minimum atomic E-state index is -0.429. The van der Waals surface area contributed by atoms with E-state index in [1.807, 2.05) is 0 Å². The van der Waals surface area contributed by atoms with Crippen LogP contribution in [0.3, 0.4) is 0 Å². The number of nitrogens with zero attached hydrogens (tertiary/aromatic N) is 1. The Hall–Kier alpha value is -3.33. The Morgan fingerprint density at radius 3 is 2.29 bits per heavy atom. The smallest absolute Gasteiger partial charge is 0.269 e. The summed E-state index contributed by atoms with van der Waals surface area (Å²) < 4.78 is 15.7. The second-order valence-electron chi connectivity index (χ2n) is 5.77. The van der Waals surface area contributed by atoms with Gasteiger partial charge in [0.25, 0.3) is 11.6 Å². The highest BCUT2D eigenvalue weighted by atomic mass is 16.6. The average molecular weight is 389 g/mol. The SMILES string of the molecule is COc1cc(C(=O)NCCNCc2cccc([N+](=O)[O-])c2)cc(OC)c1OC. The number of carbonyl (C=O) groups excluding carboxylic acids is 1. The number of carbonyl (C=O) groups is 1. The number of non-ortho nitro benzene ring substituents is 1. The van der Waals surface area contributed by atoms with Crippen molar-refractivity contribution in [2.24, 2.45) is 0 Å². The number of rotatable bonds is 10. The normalized spacial score (nSPS) is 10.2. The van der Waals surface area contributed by atoms with Crippen LogP contribution in [0.5, 0.6) is 17.2 Å². The molecular weight excluding hydrogens is 366 g/mol. The molecule has 0 bridgehead atoms. The molecule has 0 aliphatic heterocycles. The first-order valence-corrected chi connectivity index (χ1v) is 8.52. The summed E-state index contributed by atoms with van der Waals surface area (Å²) in [6.45, 7) is 1.34. The maximum absolute atomic E-state index is 12.4. The Balaban J connectivity index is 1.87. The van der Waals surface area contributed by atoms with E-state index in [4.69, 9.17) is 14.2 Å². The Morgan fingerprint density at radius 1 is 1.04 bits per heavy atom. The summed E-state index contributed by atoms with van der Waals surface area (Å²) in [5.74, 6) is 0.933. The minimum Gasteiger partial charge on any atom is -0.493 e. The summed E-state index contributed by atoms with van der Waals surface area (Å²) in [5.41, 5.74) is 1.23. The van der Waals surface area contributed by atoms with E-state index < -0.39 is 4.92 Å². The first kappa shape index (κ1) is 21.0. The lowest BCUT2D eigenvalue weighted by Gasteiger charge is -2.14. The monoisotopic (exact) mass is 389 g/mol. The van der Waals surface area contributed by atoms with Gasteiger partial charge in [-0.1, -0.05) is 12.1 Å². The molecular formula is C19H23N3O6. The molecule has 9 heteroatoms. The molecule has 0 aromatic heterocycles. The lowest BCUT2D eigenvalue weighted by Crippen LogP contribution is -2.31. The van der Waals surface area contributed by atoms with Crippen LogP contribution < -0.4 is 24.8 Å². The van der Waals surface area contributed by atoms with E-state index in [0.29, 0.717) is 42.4 Å². The fourth-order valence-electron chi connectivity index (χ4n) is 2.59. The van der Waals surface area contributed by atoms with E-state index in [9.17, 15) is 14.9 Å². The summed E-state index contributed by atoms with van der Waals surface area (Å²) in [4.78, 5) is 22.7. The molecule has 1 amide bonds. The van der Waals surface area contributed by atoms with E-state index in [-0.39, 0.29) is 11.6 Å². The van der Waals surface area contributed by atoms with Gasteiger partial charge in [0.1, 0.15) is 0 Å². The molecule has 150 valence electrons. The predicted octanol–water partition coefficient (Wildman–Crippen LogP) is 2.14. The molecule has 0 spiro atoms. The molecule has 2 aromatic carbocycles. The molecule has 0 atom stereocenters. The number of nitrogens with one attached hydrogen (secondary N) is 2. The quantitative estimate of drug-likeness (QED) is 0.364. The number of methoxy groups -OCH3 is 3. The zero-order valence-electron chi connectivity index (χ0n) is 16.0. The van der Waals surface area contributed by atoms with Crippen LogP contribution in [0, 0.1) is 10.1 Å². The summed E-state index contributed by atoms with van der Waals surface area (Å²) in [7, 11) is 4.46. The van der Waals surface area contributed by atoms with Crippen LogP contribution in [0.25, 0.3) is 0 Å². The highest BCUT2D eigenvalue weighted by Crippen LogP contribution is 2.38. The molecule has 0 saturated carbocycles. The van der Waals surface area contributed by atoms with Crippen molar-refractivity contribution in [3.05, 3.63) is 57.6 Å². The van der Waals surface area contributed by atoms with Crippen molar-refractivity contribution >= 4 is 11.6 Å². The van der Waals surface area contributed by atoms with Crippen LogP contribution in [0.2, 0.25) is 0 Å². The van der Waals surface area contributed by atoms with E-state index in [1.165, 1.54) is 33.5 Å². The summed E-state index contributed by atoms with van der Waals surface area (Å²) >= 11 is 0. The van der Waals surface area contributed by atoms with Crippen LogP contribution in [0.4, 0.5) is 5.69 Å². The molecule has 0 unspecified atom stereocenters. The Morgan fingerprint density at radius 2 is 1.71 bits per heavy atom. The number of benzene rings is 2. The Labute approximate surface area is 162 Å². The second-order valence-corrected chi connectivity index (χ2v) is 5.77. The van der Waals surface area contributed by atoms with Crippen molar-refractivity contribution in [3.8, 4) is 17.2 Å². The first-order chi connectivity index (χ1) is 13.5. The van der Waals surface area contributed by atoms with Crippen LogP contribution in [-0.2, 0) is 6.54 Å². The fourth-order valence-corrected chi connectivity index (χ4v) is 2.59. The van der Waals surface area contributed by atoms with Gasteiger partial charge in [0.2, 0.25) is 5.75 Å². The van der Waals surface area contributed by atoms with E-state index >= 15 is 0 Å². The lowest BCUT2D eigenvalue weighted by molar-refractivity contribution is -0.384. The summed E-state index contributed by atoms with van der Waals surface area (Å²) in [6, 6.07) is 9.55. The van der Waals surface area contributed by atoms with Crippen molar-refractivity contribution in [1.29, 1.82) is 0 Å². The molecule has 0 saturated heterocycles. The highest BCUT2D eigenvalue weighted by molar-refractivity contribution is 5.95. The predicted molar refractivity (Wildman–Crippen MR) is 103 cm³/mol. The third-order valence-electron chi connectivity index (χ3n) is 3.96. The van der Waals surface area contributed by atoms with Crippen molar-refractivity contribution in [2.75, 3.05) is 34.4 Å². The number of nitro benzene ring substituents is 1. The van der Waals surface area contributed by atoms with E-state index in [1.54, 1.807) is 24.3 Å². The standard InChI is InChI=1S/C19H23N3O6/c1-26-16-10-14(11-17(27-2)18(16)28-3)19(23)21-8-7-20-12-13-5-4-6-15(9-13)22(24)25/h4-6,9-11,20H,7-8,12H2,1-3H3,(H,21,23). The van der Waals surface area contributed by atoms with Crippen LogP contribution >= 0.6 is 0 Å². The topological polar surface area (TPSA) is 112 Å². The number of hydrogen-bond donors (Lipinski definition) is 2. The van der Waals surface area contributed by atoms with Crippen molar-refractivity contribution in [1.82, 2.24) is 10.6 Å². The van der Waals surface area contributed by atoms with Gasteiger partial charge in [-0.25, -0.2) is 0 Å². The van der Waals surface area contributed by atoms with Gasteiger partial charge >= 0.3 is 0 Å². The first-order valence-electron chi connectivity index (χ1n) is 8.52. The summed E-state index contributed by atoms with van der Waals surface area (Å²) in [6.07, 6.45) is 0. The molecule has 2 N–H and O–H groups in total. The van der Waals surface area contributed by atoms with E-state index in [0.717, 1.165) is 5.56 Å². The minimum absolute atomic E-state index is 0.0509. The third-order valence-corrected chi connectivity index (χ3v) is 3.96. The second kappa shape index (κ2) is 10.1. The maximum Gasteiger partial charge on any atom is 0.269 e. The zero-order chi connectivity index (χ0) is 20.5. The largest absolute Gasteiger partial charge is 0.493 e. The van der Waals surface area contributed by atoms with Gasteiger partial charge < -0.3 is 24.8 Å². The maximum atomic E-state index is 12.4. The molecule has 2 rings (SSSR count). The van der Waals surface area contributed by atoms with Crippen LogP contribution in [0.15, 0.2) is 36.4 Å². The van der Waals surface area contributed by atoms with Crippen molar-refractivity contribution in [3.63, 3.8) is 0 Å². The zero-order valence-corrected chi connectivity index (χ0v) is 16.0. The number of amides is 1. The van der Waals surface area contributed by atoms with Gasteiger partial charge in [-0.3, -0.25) is 14.9 Å². The van der Waals surface area contributed by atoms with Crippen molar-refractivity contribution in [2.45, 2.75) is 6.54 Å². The fraction of sp³-hybridized carbons (Fsp3) is 0.316. The molecule has 0 heterocycles. The average Bonchev–Trinajstić information content (AvgIpc) is 2.72. The molecule has 0 radical (unpaired) electrons. The Kier molecular flexibility index (Phi) is 7.58. The number of nitro groups is 1.